The maximum atomic E-state index is 8.99. The lowest BCUT2D eigenvalue weighted by atomic mass is 10.3. The smallest absolute Gasteiger partial charge is 0.247 e. The highest BCUT2D eigenvalue weighted by Crippen LogP contribution is 2.19. The van der Waals surface area contributed by atoms with E-state index in [1.54, 1.807) is 13.3 Å². The Labute approximate surface area is 114 Å². The van der Waals surface area contributed by atoms with Crippen molar-refractivity contribution in [2.45, 2.75) is 0 Å². The van der Waals surface area contributed by atoms with E-state index >= 15 is 0 Å². The molecule has 0 unspecified atom stereocenters. The van der Waals surface area contributed by atoms with E-state index in [4.69, 9.17) is 10.00 Å². The number of benzene rings is 1. The van der Waals surface area contributed by atoms with Crippen LogP contribution in [-0.2, 0) is 0 Å². The number of anilines is 2. The summed E-state index contributed by atoms with van der Waals surface area (Å²) in [6.07, 6.45) is 2.99. The van der Waals surface area contributed by atoms with Crippen LogP contribution < -0.4 is 10.1 Å². The average Bonchev–Trinajstić information content (AvgIpc) is 2.89. The average molecular weight is 266 g/mol. The molecular formula is C13H10N6O. The van der Waals surface area contributed by atoms with Crippen molar-refractivity contribution < 1.29 is 4.74 Å². The molecule has 0 aliphatic heterocycles. The normalized spacial score (nSPS) is 10.2. The molecule has 7 nitrogen and oxygen atoms in total. The molecule has 3 aromatic rings. The summed E-state index contributed by atoms with van der Waals surface area (Å²) in [5.41, 5.74) is 1.63. The van der Waals surface area contributed by atoms with Crippen LogP contribution in [0.3, 0.4) is 0 Å². The largest absolute Gasteiger partial charge is 0.497 e. The molecule has 0 amide bonds. The zero-order valence-corrected chi connectivity index (χ0v) is 10.6. The van der Waals surface area contributed by atoms with E-state index < -0.39 is 0 Å². The van der Waals surface area contributed by atoms with Crippen LogP contribution in [0.15, 0.2) is 36.7 Å². The maximum absolute atomic E-state index is 8.99. The van der Waals surface area contributed by atoms with Crippen LogP contribution in [-0.4, -0.2) is 26.7 Å². The molecule has 2 aromatic heterocycles. The third-order valence-corrected chi connectivity index (χ3v) is 2.69. The Morgan fingerprint density at radius 3 is 3.05 bits per heavy atom. The molecule has 98 valence electrons. The minimum absolute atomic E-state index is 0.327. The van der Waals surface area contributed by atoms with Crippen LogP contribution in [0.5, 0.6) is 5.75 Å². The first-order valence-electron chi connectivity index (χ1n) is 5.82. The highest BCUT2D eigenvalue weighted by atomic mass is 16.5. The third kappa shape index (κ3) is 2.10. The second-order valence-corrected chi connectivity index (χ2v) is 3.97. The molecule has 1 N–H and O–H groups in total. The van der Waals surface area contributed by atoms with Crippen molar-refractivity contribution in [3.05, 3.63) is 42.4 Å². The standard InChI is InChI=1S/C13H10N6O/c1-20-11-4-2-3-9(5-11)16-13-17-12-8-15-7-10(6-14)19(12)18-13/h2-5,7-8H,1H3,(H,16,18). The minimum Gasteiger partial charge on any atom is -0.497 e. The van der Waals surface area contributed by atoms with Gasteiger partial charge in [-0.2, -0.15) is 14.8 Å². The van der Waals surface area contributed by atoms with Gasteiger partial charge in [-0.15, -0.1) is 5.10 Å². The third-order valence-electron chi connectivity index (χ3n) is 2.69. The van der Waals surface area contributed by atoms with E-state index in [1.807, 2.05) is 30.3 Å². The first-order chi connectivity index (χ1) is 9.80. The van der Waals surface area contributed by atoms with Crippen LogP contribution >= 0.6 is 0 Å². The Hall–Kier alpha value is -3.14. The monoisotopic (exact) mass is 266 g/mol. The second-order valence-electron chi connectivity index (χ2n) is 3.97. The first kappa shape index (κ1) is 11.9. The molecule has 0 aliphatic carbocycles. The minimum atomic E-state index is 0.327. The van der Waals surface area contributed by atoms with Crippen molar-refractivity contribution in [1.82, 2.24) is 19.6 Å². The SMILES string of the molecule is COc1cccc(Nc2nc3cncc(C#N)n3n2)c1. The predicted molar refractivity (Wildman–Crippen MR) is 71.8 cm³/mol. The summed E-state index contributed by atoms with van der Waals surface area (Å²) in [5, 5.41) is 16.3. The number of nitrogens with zero attached hydrogens (tertiary/aromatic N) is 5. The van der Waals surface area contributed by atoms with Crippen LogP contribution in [0, 0.1) is 11.3 Å². The molecule has 3 rings (SSSR count). The maximum Gasteiger partial charge on any atom is 0.247 e. The molecule has 1 aromatic carbocycles. The molecule has 7 heteroatoms. The number of nitrogens with one attached hydrogen (secondary N) is 1. The molecule has 0 fully saturated rings. The topological polar surface area (TPSA) is 88.1 Å². The van der Waals surface area contributed by atoms with Crippen molar-refractivity contribution >= 4 is 17.3 Å². The number of fused-ring (bicyclic) bond motifs is 1. The lowest BCUT2D eigenvalue weighted by Gasteiger charge is -2.03. The Morgan fingerprint density at radius 2 is 2.25 bits per heavy atom. The van der Waals surface area contributed by atoms with Crippen LogP contribution in [0.2, 0.25) is 0 Å². The Morgan fingerprint density at radius 1 is 1.35 bits per heavy atom. The zero-order chi connectivity index (χ0) is 13.9. The highest BCUT2D eigenvalue weighted by molar-refractivity contribution is 5.57. The van der Waals surface area contributed by atoms with Crippen LogP contribution in [0.4, 0.5) is 11.6 Å². The van der Waals surface area contributed by atoms with Crippen molar-refractivity contribution in [3.63, 3.8) is 0 Å². The molecule has 0 saturated carbocycles. The molecule has 0 radical (unpaired) electrons. The zero-order valence-electron chi connectivity index (χ0n) is 10.6. The van der Waals surface area contributed by atoms with Gasteiger partial charge in [0.25, 0.3) is 0 Å². The first-order valence-corrected chi connectivity index (χ1v) is 5.82. The van der Waals surface area contributed by atoms with Crippen molar-refractivity contribution in [1.29, 1.82) is 5.26 Å². The Bertz CT molecular complexity index is 804. The van der Waals surface area contributed by atoms with Crippen LogP contribution in [0.25, 0.3) is 5.65 Å². The fraction of sp³-hybridized carbons (Fsp3) is 0.0769. The molecule has 2 heterocycles. The van der Waals surface area contributed by atoms with Crippen molar-refractivity contribution in [3.8, 4) is 11.8 Å². The van der Waals surface area contributed by atoms with Gasteiger partial charge in [-0.3, -0.25) is 4.98 Å². The lowest BCUT2D eigenvalue weighted by Crippen LogP contribution is -1.96. The molecule has 0 atom stereocenters. The van der Waals surface area contributed by atoms with Gasteiger partial charge in [0.2, 0.25) is 5.95 Å². The number of aromatic nitrogens is 4. The number of hydrogen-bond donors (Lipinski definition) is 1. The summed E-state index contributed by atoms with van der Waals surface area (Å²) in [6.45, 7) is 0. The second kappa shape index (κ2) is 4.85. The molecule has 0 bridgehead atoms. The van der Waals surface area contributed by atoms with Gasteiger partial charge in [0.15, 0.2) is 11.3 Å². The van der Waals surface area contributed by atoms with Crippen molar-refractivity contribution in [2.75, 3.05) is 12.4 Å². The number of methoxy groups -OCH3 is 1. The number of rotatable bonds is 3. The Kier molecular flexibility index (Phi) is 2.89. The summed E-state index contributed by atoms with van der Waals surface area (Å²) >= 11 is 0. The van der Waals surface area contributed by atoms with Gasteiger partial charge in [0, 0.05) is 11.8 Å². The quantitative estimate of drug-likeness (QED) is 0.777. The van der Waals surface area contributed by atoms with Crippen LogP contribution in [0.1, 0.15) is 5.69 Å². The number of hydrogen-bond acceptors (Lipinski definition) is 6. The number of ether oxygens (including phenoxy) is 1. The molecule has 0 spiro atoms. The highest BCUT2D eigenvalue weighted by Gasteiger charge is 2.07. The predicted octanol–water partition coefficient (Wildman–Crippen LogP) is 1.75. The number of nitriles is 1. The van der Waals surface area contributed by atoms with E-state index in [9.17, 15) is 0 Å². The van der Waals surface area contributed by atoms with Gasteiger partial charge >= 0.3 is 0 Å². The van der Waals surface area contributed by atoms with E-state index in [0.717, 1.165) is 11.4 Å². The van der Waals surface area contributed by atoms with Gasteiger partial charge in [0.1, 0.15) is 11.8 Å². The van der Waals surface area contributed by atoms with E-state index in [-0.39, 0.29) is 0 Å². The molecular weight excluding hydrogens is 256 g/mol. The van der Waals surface area contributed by atoms with Gasteiger partial charge in [-0.25, -0.2) is 0 Å². The van der Waals surface area contributed by atoms with Gasteiger partial charge < -0.3 is 10.1 Å². The molecule has 0 saturated heterocycles. The van der Waals surface area contributed by atoms with Gasteiger partial charge in [-0.1, -0.05) is 6.07 Å². The van der Waals surface area contributed by atoms with E-state index in [2.05, 4.69) is 20.4 Å². The lowest BCUT2D eigenvalue weighted by molar-refractivity contribution is 0.415. The summed E-state index contributed by atoms with van der Waals surface area (Å²) in [6, 6.07) is 9.42. The molecule has 20 heavy (non-hydrogen) atoms. The van der Waals surface area contributed by atoms with Gasteiger partial charge in [-0.05, 0) is 12.1 Å². The van der Waals surface area contributed by atoms with Crippen molar-refractivity contribution in [2.24, 2.45) is 0 Å². The fourth-order valence-electron chi connectivity index (χ4n) is 1.77. The molecule has 0 aliphatic rings. The summed E-state index contributed by atoms with van der Waals surface area (Å²) < 4.78 is 6.59. The summed E-state index contributed by atoms with van der Waals surface area (Å²) in [7, 11) is 1.60. The summed E-state index contributed by atoms with van der Waals surface area (Å²) in [5.74, 6) is 1.13. The van der Waals surface area contributed by atoms with Gasteiger partial charge in [0.05, 0.1) is 19.5 Å². The fourth-order valence-corrected chi connectivity index (χ4v) is 1.77. The Balaban J connectivity index is 1.97. The van der Waals surface area contributed by atoms with E-state index in [1.165, 1.54) is 10.7 Å². The van der Waals surface area contributed by atoms with E-state index in [0.29, 0.717) is 17.3 Å². The summed E-state index contributed by atoms with van der Waals surface area (Å²) in [4.78, 5) is 8.20.